The lowest BCUT2D eigenvalue weighted by Gasteiger charge is -2.25. The minimum atomic E-state index is 0.658. The molecule has 1 aromatic rings. The second-order valence-corrected chi connectivity index (χ2v) is 6.19. The van der Waals surface area contributed by atoms with Gasteiger partial charge in [-0.05, 0) is 36.3 Å². The molecule has 1 unspecified atom stereocenters. The van der Waals surface area contributed by atoms with Crippen molar-refractivity contribution < 1.29 is 0 Å². The van der Waals surface area contributed by atoms with E-state index < -0.39 is 0 Å². The maximum atomic E-state index is 4.44. The molecule has 0 aliphatic heterocycles. The summed E-state index contributed by atoms with van der Waals surface area (Å²) in [5.74, 6) is 2.30. The maximum absolute atomic E-state index is 4.44. The van der Waals surface area contributed by atoms with Crippen molar-refractivity contribution in [2.24, 2.45) is 11.8 Å². The van der Waals surface area contributed by atoms with E-state index in [1.807, 2.05) is 0 Å². The standard InChI is InChI=1S/C14H22BrNS/c1-11(2)13(10-17)9-16(3)8-12-6-4-5-7-14(12)15/h4-7,11,13,17H,8-10H2,1-3H3. The normalized spacial score (nSPS) is 13.4. The summed E-state index contributed by atoms with van der Waals surface area (Å²) >= 11 is 8.04. The third-order valence-electron chi connectivity index (χ3n) is 3.12. The zero-order valence-corrected chi connectivity index (χ0v) is 13.3. The van der Waals surface area contributed by atoms with Gasteiger partial charge in [-0.25, -0.2) is 0 Å². The molecule has 0 aromatic heterocycles. The molecule has 1 nitrogen and oxygen atoms in total. The lowest BCUT2D eigenvalue weighted by molar-refractivity contribution is 0.246. The molecule has 0 fully saturated rings. The summed E-state index contributed by atoms with van der Waals surface area (Å²) in [6, 6.07) is 8.41. The molecule has 1 aromatic carbocycles. The van der Waals surface area contributed by atoms with Crippen molar-refractivity contribution in [1.29, 1.82) is 0 Å². The molecule has 0 bridgehead atoms. The maximum Gasteiger partial charge on any atom is 0.0242 e. The fraction of sp³-hybridized carbons (Fsp3) is 0.571. The van der Waals surface area contributed by atoms with Gasteiger partial charge < -0.3 is 4.90 Å². The molecule has 1 rings (SSSR count). The van der Waals surface area contributed by atoms with Gasteiger partial charge in [0.25, 0.3) is 0 Å². The van der Waals surface area contributed by atoms with Crippen molar-refractivity contribution in [3.63, 3.8) is 0 Å². The second kappa shape index (κ2) is 7.45. The van der Waals surface area contributed by atoms with E-state index in [1.165, 1.54) is 10.0 Å². The third-order valence-corrected chi connectivity index (χ3v) is 4.36. The van der Waals surface area contributed by atoms with Crippen LogP contribution in [-0.2, 0) is 6.54 Å². The summed E-state index contributed by atoms with van der Waals surface area (Å²) in [6.07, 6.45) is 0. The van der Waals surface area contributed by atoms with Crippen molar-refractivity contribution in [3.8, 4) is 0 Å². The van der Waals surface area contributed by atoms with Crippen molar-refractivity contribution in [2.75, 3.05) is 19.3 Å². The van der Waals surface area contributed by atoms with Crippen LogP contribution in [0.5, 0.6) is 0 Å². The Morgan fingerprint density at radius 3 is 2.47 bits per heavy atom. The number of nitrogens with zero attached hydrogens (tertiary/aromatic N) is 1. The average molecular weight is 316 g/mol. The monoisotopic (exact) mass is 315 g/mol. The quantitative estimate of drug-likeness (QED) is 0.774. The molecule has 17 heavy (non-hydrogen) atoms. The molecule has 0 heterocycles. The van der Waals surface area contributed by atoms with E-state index in [0.717, 1.165) is 18.8 Å². The van der Waals surface area contributed by atoms with Crippen LogP contribution in [0.3, 0.4) is 0 Å². The van der Waals surface area contributed by atoms with Crippen LogP contribution in [-0.4, -0.2) is 24.2 Å². The van der Waals surface area contributed by atoms with Crippen molar-refractivity contribution in [1.82, 2.24) is 4.90 Å². The van der Waals surface area contributed by atoms with Gasteiger partial charge in [0.1, 0.15) is 0 Å². The molecule has 96 valence electrons. The van der Waals surface area contributed by atoms with E-state index in [0.29, 0.717) is 11.8 Å². The van der Waals surface area contributed by atoms with Crippen molar-refractivity contribution >= 4 is 28.6 Å². The highest BCUT2D eigenvalue weighted by molar-refractivity contribution is 9.10. The lowest BCUT2D eigenvalue weighted by Crippen LogP contribution is -2.29. The number of thiol groups is 1. The molecule has 0 saturated carbocycles. The van der Waals surface area contributed by atoms with Crippen LogP contribution >= 0.6 is 28.6 Å². The minimum absolute atomic E-state index is 0.658. The summed E-state index contributed by atoms with van der Waals surface area (Å²) in [6.45, 7) is 6.63. The third kappa shape index (κ3) is 5.02. The highest BCUT2D eigenvalue weighted by atomic mass is 79.9. The summed E-state index contributed by atoms with van der Waals surface area (Å²) in [5, 5.41) is 0. The summed E-state index contributed by atoms with van der Waals surface area (Å²) in [5.41, 5.74) is 1.34. The van der Waals surface area contributed by atoms with Gasteiger partial charge in [0.2, 0.25) is 0 Å². The molecule has 0 radical (unpaired) electrons. The van der Waals surface area contributed by atoms with E-state index in [4.69, 9.17) is 0 Å². The lowest BCUT2D eigenvalue weighted by atomic mass is 9.97. The van der Waals surface area contributed by atoms with Crippen LogP contribution in [0, 0.1) is 11.8 Å². The van der Waals surface area contributed by atoms with Crippen LogP contribution < -0.4 is 0 Å². The fourth-order valence-corrected chi connectivity index (χ4v) is 2.81. The molecule has 0 N–H and O–H groups in total. The van der Waals surface area contributed by atoms with Crippen LogP contribution in [0.1, 0.15) is 19.4 Å². The summed E-state index contributed by atoms with van der Waals surface area (Å²) in [7, 11) is 2.18. The highest BCUT2D eigenvalue weighted by Gasteiger charge is 2.14. The molecular formula is C14H22BrNS. The van der Waals surface area contributed by atoms with Crippen LogP contribution in [0.4, 0.5) is 0 Å². The Balaban J connectivity index is 2.55. The number of hydrogen-bond acceptors (Lipinski definition) is 2. The zero-order valence-electron chi connectivity index (χ0n) is 10.9. The van der Waals surface area contributed by atoms with Gasteiger partial charge in [-0.15, -0.1) is 0 Å². The smallest absolute Gasteiger partial charge is 0.0242 e. The van der Waals surface area contributed by atoms with E-state index in [9.17, 15) is 0 Å². The predicted molar refractivity (Wildman–Crippen MR) is 82.7 cm³/mol. The van der Waals surface area contributed by atoms with E-state index in [2.05, 4.69) is 78.6 Å². The van der Waals surface area contributed by atoms with E-state index >= 15 is 0 Å². The number of halogens is 1. The molecule has 0 aliphatic rings. The number of benzene rings is 1. The van der Waals surface area contributed by atoms with Gasteiger partial charge in [-0.2, -0.15) is 12.6 Å². The first-order chi connectivity index (χ1) is 8.04. The zero-order chi connectivity index (χ0) is 12.8. The van der Waals surface area contributed by atoms with Gasteiger partial charge in [-0.1, -0.05) is 48.0 Å². The Kier molecular flexibility index (Phi) is 6.60. The van der Waals surface area contributed by atoms with E-state index in [1.54, 1.807) is 0 Å². The van der Waals surface area contributed by atoms with E-state index in [-0.39, 0.29) is 0 Å². The Bertz CT molecular complexity index is 341. The summed E-state index contributed by atoms with van der Waals surface area (Å²) in [4.78, 5) is 2.38. The first-order valence-electron chi connectivity index (χ1n) is 6.07. The highest BCUT2D eigenvalue weighted by Crippen LogP contribution is 2.19. The Labute approximate surface area is 119 Å². The molecule has 0 aliphatic carbocycles. The van der Waals surface area contributed by atoms with Gasteiger partial charge in [0.05, 0.1) is 0 Å². The predicted octanol–water partition coefficient (Wildman–Crippen LogP) is 4.08. The van der Waals surface area contributed by atoms with Gasteiger partial charge in [0, 0.05) is 17.6 Å². The topological polar surface area (TPSA) is 3.24 Å². The van der Waals surface area contributed by atoms with Crippen molar-refractivity contribution in [2.45, 2.75) is 20.4 Å². The summed E-state index contributed by atoms with van der Waals surface area (Å²) < 4.78 is 1.19. The van der Waals surface area contributed by atoms with Gasteiger partial charge in [0.15, 0.2) is 0 Å². The van der Waals surface area contributed by atoms with Crippen molar-refractivity contribution in [3.05, 3.63) is 34.3 Å². The Morgan fingerprint density at radius 2 is 1.94 bits per heavy atom. The largest absolute Gasteiger partial charge is 0.302 e. The van der Waals surface area contributed by atoms with Crippen LogP contribution in [0.2, 0.25) is 0 Å². The number of rotatable bonds is 6. The first-order valence-corrected chi connectivity index (χ1v) is 7.50. The first kappa shape index (κ1) is 15.1. The Morgan fingerprint density at radius 1 is 1.29 bits per heavy atom. The number of hydrogen-bond donors (Lipinski definition) is 1. The molecule has 0 spiro atoms. The fourth-order valence-electron chi connectivity index (χ4n) is 1.86. The molecule has 1 atom stereocenters. The second-order valence-electron chi connectivity index (χ2n) is 4.97. The van der Waals surface area contributed by atoms with Crippen LogP contribution in [0.15, 0.2) is 28.7 Å². The molecular weight excluding hydrogens is 294 g/mol. The SMILES string of the molecule is CC(C)C(CS)CN(C)Cc1ccccc1Br. The van der Waals surface area contributed by atoms with Gasteiger partial charge >= 0.3 is 0 Å². The van der Waals surface area contributed by atoms with Crippen LogP contribution in [0.25, 0.3) is 0 Å². The Hall–Kier alpha value is 0.01000. The molecule has 0 saturated heterocycles. The minimum Gasteiger partial charge on any atom is -0.302 e. The van der Waals surface area contributed by atoms with Gasteiger partial charge in [-0.3, -0.25) is 0 Å². The average Bonchev–Trinajstić information content (AvgIpc) is 2.28. The molecule has 0 amide bonds. The molecule has 3 heteroatoms.